The Morgan fingerprint density at radius 3 is 1.13 bits per heavy atom. The molecule has 2 aliphatic rings. The molecule has 0 atom stereocenters. The van der Waals surface area contributed by atoms with Crippen LogP contribution in [0.1, 0.15) is 43.0 Å². The topological polar surface area (TPSA) is 161 Å². The SMILES string of the molecule is O=C1OC(=O)C(c2cc(C(=O)O)c(C3=C(c4ccccc4)C(=O)OC3=O)cc2C(=O)O)=C1c1ccccc1. The number of carbonyl (C=O) groups excluding carboxylic acids is 4. The van der Waals surface area contributed by atoms with Gasteiger partial charge in [0.2, 0.25) is 0 Å². The van der Waals surface area contributed by atoms with Crippen molar-refractivity contribution >= 4 is 58.1 Å². The third-order valence-electron chi connectivity index (χ3n) is 5.97. The average molecular weight is 510 g/mol. The summed E-state index contributed by atoms with van der Waals surface area (Å²) in [5.41, 5.74) is -2.93. The van der Waals surface area contributed by atoms with Gasteiger partial charge < -0.3 is 19.7 Å². The van der Waals surface area contributed by atoms with E-state index in [0.29, 0.717) is 0 Å². The van der Waals surface area contributed by atoms with Crippen molar-refractivity contribution in [1.29, 1.82) is 0 Å². The summed E-state index contributed by atoms with van der Waals surface area (Å²) >= 11 is 0. The lowest BCUT2D eigenvalue weighted by molar-refractivity contribution is -0.151. The van der Waals surface area contributed by atoms with E-state index in [-0.39, 0.29) is 22.3 Å². The maximum Gasteiger partial charge on any atom is 0.347 e. The molecule has 3 aromatic rings. The van der Waals surface area contributed by atoms with E-state index in [9.17, 15) is 39.0 Å². The Bertz CT molecular complexity index is 1540. The van der Waals surface area contributed by atoms with Crippen LogP contribution in [0.2, 0.25) is 0 Å². The maximum absolute atomic E-state index is 12.7. The molecule has 0 saturated carbocycles. The Morgan fingerprint density at radius 1 is 0.500 bits per heavy atom. The fourth-order valence-corrected chi connectivity index (χ4v) is 4.37. The molecule has 0 unspecified atom stereocenters. The van der Waals surface area contributed by atoms with Gasteiger partial charge in [-0.25, -0.2) is 28.8 Å². The van der Waals surface area contributed by atoms with Crippen LogP contribution in [0.5, 0.6) is 0 Å². The second-order valence-corrected chi connectivity index (χ2v) is 8.14. The highest BCUT2D eigenvalue weighted by Crippen LogP contribution is 2.40. The Labute approximate surface area is 213 Å². The van der Waals surface area contributed by atoms with Crippen molar-refractivity contribution in [1.82, 2.24) is 0 Å². The first-order valence-corrected chi connectivity index (χ1v) is 11.0. The van der Waals surface area contributed by atoms with Gasteiger partial charge in [0.1, 0.15) is 0 Å². The molecule has 38 heavy (non-hydrogen) atoms. The summed E-state index contributed by atoms with van der Waals surface area (Å²) < 4.78 is 9.49. The third-order valence-corrected chi connectivity index (χ3v) is 5.97. The van der Waals surface area contributed by atoms with Gasteiger partial charge in [-0.1, -0.05) is 60.7 Å². The summed E-state index contributed by atoms with van der Waals surface area (Å²) in [7, 11) is 0. The predicted molar refractivity (Wildman–Crippen MR) is 129 cm³/mol. The zero-order valence-corrected chi connectivity index (χ0v) is 19.1. The number of cyclic esters (lactones) is 4. The molecule has 0 saturated heterocycles. The summed E-state index contributed by atoms with van der Waals surface area (Å²) in [4.78, 5) is 75.3. The van der Waals surface area contributed by atoms with Crippen molar-refractivity contribution in [3.63, 3.8) is 0 Å². The van der Waals surface area contributed by atoms with E-state index >= 15 is 0 Å². The average Bonchev–Trinajstić information content (AvgIpc) is 3.36. The van der Waals surface area contributed by atoms with Crippen molar-refractivity contribution in [2.24, 2.45) is 0 Å². The Kier molecular flexibility index (Phi) is 5.76. The van der Waals surface area contributed by atoms with Crippen LogP contribution < -0.4 is 0 Å². The number of carboxylic acid groups (broad SMARTS) is 2. The van der Waals surface area contributed by atoms with E-state index < -0.39 is 69.2 Å². The maximum atomic E-state index is 12.7. The monoisotopic (exact) mass is 510 g/mol. The molecule has 0 fully saturated rings. The number of benzene rings is 3. The van der Waals surface area contributed by atoms with Crippen LogP contribution in [0.4, 0.5) is 0 Å². The van der Waals surface area contributed by atoms with Gasteiger partial charge in [-0.05, 0) is 23.3 Å². The number of ether oxygens (including phenoxy) is 2. The molecule has 0 bridgehead atoms. The molecule has 186 valence electrons. The summed E-state index contributed by atoms with van der Waals surface area (Å²) in [6, 6.07) is 17.4. The fourth-order valence-electron chi connectivity index (χ4n) is 4.37. The van der Waals surface area contributed by atoms with Crippen LogP contribution in [0, 0.1) is 0 Å². The second-order valence-electron chi connectivity index (χ2n) is 8.14. The van der Waals surface area contributed by atoms with E-state index in [2.05, 4.69) is 0 Å². The molecule has 2 aliphatic heterocycles. The van der Waals surface area contributed by atoms with Crippen molar-refractivity contribution in [2.45, 2.75) is 0 Å². The summed E-state index contributed by atoms with van der Waals surface area (Å²) in [6.07, 6.45) is 0. The highest BCUT2D eigenvalue weighted by molar-refractivity contribution is 6.47. The predicted octanol–water partition coefficient (Wildman–Crippen LogP) is 3.07. The summed E-state index contributed by atoms with van der Waals surface area (Å²) in [5.74, 6) is -7.59. The number of carboxylic acids is 2. The highest BCUT2D eigenvalue weighted by atomic mass is 16.6. The van der Waals surface area contributed by atoms with Gasteiger partial charge in [-0.2, -0.15) is 0 Å². The van der Waals surface area contributed by atoms with Crippen molar-refractivity contribution in [3.8, 4) is 0 Å². The number of aromatic carboxylic acids is 2. The molecule has 0 amide bonds. The number of rotatable bonds is 6. The summed E-state index contributed by atoms with van der Waals surface area (Å²) in [6.45, 7) is 0. The number of carbonyl (C=O) groups is 6. The van der Waals surface area contributed by atoms with Gasteiger partial charge in [0.15, 0.2) is 0 Å². The molecule has 0 aromatic heterocycles. The van der Waals surface area contributed by atoms with Gasteiger partial charge in [-0.15, -0.1) is 0 Å². The minimum Gasteiger partial charge on any atom is -0.478 e. The molecule has 0 spiro atoms. The van der Waals surface area contributed by atoms with Crippen LogP contribution in [0.3, 0.4) is 0 Å². The van der Waals surface area contributed by atoms with Crippen LogP contribution in [0.15, 0.2) is 72.8 Å². The van der Waals surface area contributed by atoms with Gasteiger partial charge in [0.05, 0.1) is 33.4 Å². The second kappa shape index (κ2) is 9.10. The van der Waals surface area contributed by atoms with E-state index in [1.54, 1.807) is 36.4 Å². The third kappa shape index (κ3) is 3.86. The standard InChI is InChI=1S/C28H14O10/c29-23(30)17-12-16(22-20(26(34)38-28(22)36)14-9-5-2-6-10-14)18(24(31)32)11-15(17)21-19(25(33)37-27(21)35)13-7-3-1-4-8-13/h1-12H,(H,29,30)(H,31,32). The van der Waals surface area contributed by atoms with Gasteiger partial charge in [-0.3, -0.25) is 0 Å². The molecule has 0 radical (unpaired) electrons. The van der Waals surface area contributed by atoms with Gasteiger partial charge >= 0.3 is 35.8 Å². The number of hydrogen-bond acceptors (Lipinski definition) is 8. The molecule has 3 aromatic carbocycles. The smallest absolute Gasteiger partial charge is 0.347 e. The van der Waals surface area contributed by atoms with E-state index in [1.165, 1.54) is 24.3 Å². The van der Waals surface area contributed by atoms with E-state index in [4.69, 9.17) is 9.47 Å². The first kappa shape index (κ1) is 24.1. The Morgan fingerprint density at radius 2 is 0.816 bits per heavy atom. The van der Waals surface area contributed by atoms with E-state index in [1.807, 2.05) is 0 Å². The minimum atomic E-state index is -1.59. The molecule has 10 nitrogen and oxygen atoms in total. The van der Waals surface area contributed by atoms with E-state index in [0.717, 1.165) is 12.1 Å². The molecule has 5 rings (SSSR count). The van der Waals surface area contributed by atoms with Crippen LogP contribution >= 0.6 is 0 Å². The number of esters is 4. The van der Waals surface area contributed by atoms with Gasteiger partial charge in [0.25, 0.3) is 0 Å². The minimum absolute atomic E-state index is 0.245. The Balaban J connectivity index is 1.85. The zero-order chi connectivity index (χ0) is 27.1. The van der Waals surface area contributed by atoms with Gasteiger partial charge in [0, 0.05) is 11.1 Å². The Hall–Kier alpha value is -5.64. The molecule has 0 aliphatic carbocycles. The lowest BCUT2D eigenvalue weighted by atomic mass is 9.86. The molecular formula is C28H14O10. The molecule has 10 heteroatoms. The van der Waals surface area contributed by atoms with Crippen LogP contribution in [0.25, 0.3) is 22.3 Å². The highest BCUT2D eigenvalue weighted by Gasteiger charge is 2.40. The lowest BCUT2D eigenvalue weighted by Crippen LogP contribution is -2.13. The van der Waals surface area contributed by atoms with Crippen LogP contribution in [-0.2, 0) is 28.7 Å². The largest absolute Gasteiger partial charge is 0.478 e. The van der Waals surface area contributed by atoms with Crippen molar-refractivity contribution in [3.05, 3.63) is 106 Å². The number of hydrogen-bond donors (Lipinski definition) is 2. The fraction of sp³-hybridized carbons (Fsp3) is 0. The zero-order valence-electron chi connectivity index (χ0n) is 19.1. The first-order chi connectivity index (χ1) is 18.2. The lowest BCUT2D eigenvalue weighted by Gasteiger charge is -2.13. The quantitative estimate of drug-likeness (QED) is 0.372. The van der Waals surface area contributed by atoms with Crippen molar-refractivity contribution in [2.75, 3.05) is 0 Å². The summed E-state index contributed by atoms with van der Waals surface area (Å²) in [5, 5.41) is 20.1. The molecular weight excluding hydrogens is 496 g/mol. The molecule has 2 heterocycles. The molecule has 2 N–H and O–H groups in total. The normalized spacial score (nSPS) is 15.2. The van der Waals surface area contributed by atoms with Crippen molar-refractivity contribution < 1.29 is 48.5 Å². The van der Waals surface area contributed by atoms with Crippen LogP contribution in [-0.4, -0.2) is 46.0 Å². The first-order valence-electron chi connectivity index (χ1n) is 11.0.